The summed E-state index contributed by atoms with van der Waals surface area (Å²) in [6.45, 7) is 0.138. The zero-order chi connectivity index (χ0) is 9.52. The molecule has 0 bridgehead atoms. The van der Waals surface area contributed by atoms with Crippen LogP contribution in [0, 0.1) is 0 Å². The maximum Gasteiger partial charge on any atom is 0.0852 e. The van der Waals surface area contributed by atoms with E-state index in [9.17, 15) is 0 Å². The third kappa shape index (κ3) is 3.36. The van der Waals surface area contributed by atoms with Crippen LogP contribution in [-0.2, 0) is 6.61 Å². The summed E-state index contributed by atoms with van der Waals surface area (Å²) in [5.41, 5.74) is 1.64. The van der Waals surface area contributed by atoms with Gasteiger partial charge in [0.2, 0.25) is 0 Å². The van der Waals surface area contributed by atoms with E-state index in [1.54, 1.807) is 12.3 Å². The Morgan fingerprint density at radius 1 is 1.31 bits per heavy atom. The van der Waals surface area contributed by atoms with Gasteiger partial charge >= 0.3 is 0 Å². The number of pyridine rings is 1. The molecule has 1 aromatic rings. The first-order valence-corrected chi connectivity index (χ1v) is 4.20. The van der Waals surface area contributed by atoms with Crippen molar-refractivity contribution < 1.29 is 10.2 Å². The molecule has 1 rings (SSSR count). The molecule has 0 aliphatic carbocycles. The summed E-state index contributed by atoms with van der Waals surface area (Å²) in [5, 5.41) is 17.3. The topological polar surface area (TPSA) is 53.4 Å². The summed E-state index contributed by atoms with van der Waals surface area (Å²) < 4.78 is 0. The van der Waals surface area contributed by atoms with E-state index < -0.39 is 0 Å². The molecule has 1 aromatic heterocycles. The molecule has 3 heteroatoms. The molecule has 0 saturated carbocycles. The van der Waals surface area contributed by atoms with Gasteiger partial charge in [-0.05, 0) is 18.1 Å². The maximum atomic E-state index is 8.73. The largest absolute Gasteiger partial charge is 0.396 e. The lowest BCUT2D eigenvalue weighted by atomic mass is 10.2. The number of rotatable bonds is 4. The van der Waals surface area contributed by atoms with E-state index in [-0.39, 0.29) is 13.2 Å². The number of aromatic nitrogens is 1. The van der Waals surface area contributed by atoms with E-state index in [1.807, 2.05) is 18.2 Å². The standard InChI is InChI=1S/C10H13NO2/c12-6-2-1-3-9-4-5-10(8-13)11-7-9/h1,3-5,7,12-13H,2,6,8H2. The molecule has 0 radical (unpaired) electrons. The summed E-state index contributed by atoms with van der Waals surface area (Å²) in [6, 6.07) is 3.66. The molecule has 3 nitrogen and oxygen atoms in total. The lowest BCUT2D eigenvalue weighted by Crippen LogP contribution is -1.87. The Bertz CT molecular complexity index is 267. The molecule has 0 unspecified atom stereocenters. The summed E-state index contributed by atoms with van der Waals surface area (Å²) in [7, 11) is 0. The van der Waals surface area contributed by atoms with Crippen LogP contribution < -0.4 is 0 Å². The highest BCUT2D eigenvalue weighted by atomic mass is 16.3. The van der Waals surface area contributed by atoms with Crippen molar-refractivity contribution in [3.8, 4) is 0 Å². The summed E-state index contributed by atoms with van der Waals surface area (Å²) >= 11 is 0. The van der Waals surface area contributed by atoms with E-state index in [2.05, 4.69) is 4.98 Å². The zero-order valence-electron chi connectivity index (χ0n) is 7.35. The molecule has 0 saturated heterocycles. The van der Waals surface area contributed by atoms with E-state index in [0.29, 0.717) is 12.1 Å². The molecule has 1 heterocycles. The number of hydrogen-bond donors (Lipinski definition) is 2. The molecular weight excluding hydrogens is 166 g/mol. The minimum absolute atomic E-state index is 0.0271. The summed E-state index contributed by atoms with van der Waals surface area (Å²) in [6.07, 6.45) is 6.13. The zero-order valence-corrected chi connectivity index (χ0v) is 7.35. The van der Waals surface area contributed by atoms with Crippen LogP contribution in [-0.4, -0.2) is 21.8 Å². The predicted octanol–water partition coefficient (Wildman–Crippen LogP) is 0.969. The average Bonchev–Trinajstić information content (AvgIpc) is 2.19. The second kappa shape index (κ2) is 5.45. The highest BCUT2D eigenvalue weighted by Crippen LogP contribution is 2.02. The van der Waals surface area contributed by atoms with Crippen molar-refractivity contribution in [2.45, 2.75) is 13.0 Å². The normalized spacial score (nSPS) is 10.9. The van der Waals surface area contributed by atoms with Crippen molar-refractivity contribution in [1.29, 1.82) is 0 Å². The SMILES string of the molecule is OCCC=Cc1ccc(CO)nc1. The highest BCUT2D eigenvalue weighted by molar-refractivity contribution is 5.47. The van der Waals surface area contributed by atoms with Crippen molar-refractivity contribution in [3.63, 3.8) is 0 Å². The summed E-state index contributed by atoms with van der Waals surface area (Å²) in [5.74, 6) is 0. The summed E-state index contributed by atoms with van der Waals surface area (Å²) in [4.78, 5) is 4.01. The quantitative estimate of drug-likeness (QED) is 0.724. The molecule has 0 atom stereocenters. The van der Waals surface area contributed by atoms with Crippen LogP contribution in [0.3, 0.4) is 0 Å². The second-order valence-electron chi connectivity index (χ2n) is 2.66. The fraction of sp³-hybridized carbons (Fsp3) is 0.300. The minimum atomic E-state index is -0.0271. The molecule has 0 fully saturated rings. The van der Waals surface area contributed by atoms with Crippen LogP contribution in [0.5, 0.6) is 0 Å². The Morgan fingerprint density at radius 2 is 2.15 bits per heavy atom. The van der Waals surface area contributed by atoms with E-state index in [0.717, 1.165) is 5.56 Å². The first kappa shape index (κ1) is 9.89. The van der Waals surface area contributed by atoms with Crippen LogP contribution in [0.2, 0.25) is 0 Å². The highest BCUT2D eigenvalue weighted by Gasteiger charge is 1.90. The lowest BCUT2D eigenvalue weighted by molar-refractivity contribution is 0.277. The molecule has 70 valence electrons. The van der Waals surface area contributed by atoms with Crippen LogP contribution in [0.15, 0.2) is 24.4 Å². The van der Waals surface area contributed by atoms with E-state index >= 15 is 0 Å². The minimum Gasteiger partial charge on any atom is -0.396 e. The van der Waals surface area contributed by atoms with Crippen molar-refractivity contribution >= 4 is 6.08 Å². The first-order valence-electron chi connectivity index (χ1n) is 4.20. The Morgan fingerprint density at radius 3 is 2.69 bits per heavy atom. The number of hydrogen-bond acceptors (Lipinski definition) is 3. The molecule has 0 spiro atoms. The Hall–Kier alpha value is -1.19. The third-order valence-electron chi connectivity index (χ3n) is 1.62. The molecule has 0 aliphatic heterocycles. The number of aliphatic hydroxyl groups excluding tert-OH is 2. The number of nitrogens with zero attached hydrogens (tertiary/aromatic N) is 1. The van der Waals surface area contributed by atoms with Gasteiger partial charge in [0, 0.05) is 12.8 Å². The van der Waals surface area contributed by atoms with Crippen molar-refractivity contribution in [2.24, 2.45) is 0 Å². The van der Waals surface area contributed by atoms with Gasteiger partial charge in [0.05, 0.1) is 12.3 Å². The van der Waals surface area contributed by atoms with Crippen molar-refractivity contribution in [3.05, 3.63) is 35.7 Å². The number of aliphatic hydroxyl groups is 2. The first-order chi connectivity index (χ1) is 6.36. The Kier molecular flexibility index (Phi) is 4.15. The van der Waals surface area contributed by atoms with Gasteiger partial charge in [-0.3, -0.25) is 4.98 Å². The van der Waals surface area contributed by atoms with Gasteiger partial charge in [0.15, 0.2) is 0 Å². The lowest BCUT2D eigenvalue weighted by Gasteiger charge is -1.95. The predicted molar refractivity (Wildman–Crippen MR) is 50.9 cm³/mol. The molecule has 2 N–H and O–H groups in total. The van der Waals surface area contributed by atoms with Crippen molar-refractivity contribution in [2.75, 3.05) is 6.61 Å². The Labute approximate surface area is 77.4 Å². The van der Waals surface area contributed by atoms with E-state index in [1.165, 1.54) is 0 Å². The van der Waals surface area contributed by atoms with Crippen LogP contribution in [0.1, 0.15) is 17.7 Å². The van der Waals surface area contributed by atoms with Gasteiger partial charge in [-0.25, -0.2) is 0 Å². The van der Waals surface area contributed by atoms with Gasteiger partial charge in [-0.15, -0.1) is 0 Å². The molecular formula is C10H13NO2. The van der Waals surface area contributed by atoms with Gasteiger partial charge in [-0.2, -0.15) is 0 Å². The second-order valence-corrected chi connectivity index (χ2v) is 2.66. The van der Waals surface area contributed by atoms with E-state index in [4.69, 9.17) is 10.2 Å². The van der Waals surface area contributed by atoms with Gasteiger partial charge in [-0.1, -0.05) is 18.2 Å². The molecule has 13 heavy (non-hydrogen) atoms. The van der Waals surface area contributed by atoms with Crippen molar-refractivity contribution in [1.82, 2.24) is 4.98 Å². The van der Waals surface area contributed by atoms with Gasteiger partial charge in [0.1, 0.15) is 0 Å². The maximum absolute atomic E-state index is 8.73. The fourth-order valence-electron chi connectivity index (χ4n) is 0.922. The molecule has 0 amide bonds. The molecule has 0 aromatic carbocycles. The fourth-order valence-corrected chi connectivity index (χ4v) is 0.922. The monoisotopic (exact) mass is 179 g/mol. The van der Waals surface area contributed by atoms with Gasteiger partial charge in [0.25, 0.3) is 0 Å². The average molecular weight is 179 g/mol. The smallest absolute Gasteiger partial charge is 0.0852 e. The van der Waals surface area contributed by atoms with Crippen LogP contribution >= 0.6 is 0 Å². The molecule has 0 aliphatic rings. The van der Waals surface area contributed by atoms with Crippen LogP contribution in [0.4, 0.5) is 0 Å². The van der Waals surface area contributed by atoms with Gasteiger partial charge < -0.3 is 10.2 Å². The Balaban J connectivity index is 2.58. The third-order valence-corrected chi connectivity index (χ3v) is 1.62. The van der Waals surface area contributed by atoms with Crippen LogP contribution in [0.25, 0.3) is 6.08 Å².